The van der Waals surface area contributed by atoms with Gasteiger partial charge in [0.2, 0.25) is 0 Å². The minimum atomic E-state index is -0.526. The molecule has 1 aromatic carbocycles. The molecule has 0 saturated heterocycles. The molecule has 2 N–H and O–H groups in total. The Hall–Kier alpha value is -1.07. The van der Waals surface area contributed by atoms with Gasteiger partial charge in [0.15, 0.2) is 0 Å². The molecule has 5 heteroatoms. The van der Waals surface area contributed by atoms with Crippen molar-refractivity contribution in [2.24, 2.45) is 5.73 Å². The number of hydrogen-bond acceptors (Lipinski definition) is 2. The Morgan fingerprint density at radius 1 is 1.38 bits per heavy atom. The Labute approximate surface area is 99.0 Å². The van der Waals surface area contributed by atoms with E-state index >= 15 is 0 Å². The van der Waals surface area contributed by atoms with Crippen LogP contribution < -0.4 is 5.73 Å². The van der Waals surface area contributed by atoms with Gasteiger partial charge in [0.05, 0.1) is 4.99 Å². The molecule has 0 aromatic heterocycles. The van der Waals surface area contributed by atoms with Crippen LogP contribution in [0.3, 0.4) is 0 Å². The first-order valence-electron chi connectivity index (χ1n) is 4.90. The van der Waals surface area contributed by atoms with E-state index in [1.54, 1.807) is 11.9 Å². The summed E-state index contributed by atoms with van der Waals surface area (Å²) in [6, 6.07) is 3.85. The van der Waals surface area contributed by atoms with Gasteiger partial charge in [-0.3, -0.25) is 0 Å². The maximum atomic E-state index is 13.3. The summed E-state index contributed by atoms with van der Waals surface area (Å²) in [6.45, 7) is 0.796. The predicted octanol–water partition coefficient (Wildman–Crippen LogP) is 2.07. The van der Waals surface area contributed by atoms with Crippen LogP contribution in [-0.2, 0) is 6.54 Å². The molecule has 2 nitrogen and oxygen atoms in total. The van der Waals surface area contributed by atoms with Crippen LogP contribution in [0.5, 0.6) is 0 Å². The number of nitrogens with zero attached hydrogens (tertiary/aromatic N) is 1. The number of nitrogens with two attached hydrogens (primary N) is 1. The summed E-state index contributed by atoms with van der Waals surface area (Å²) in [5, 5.41) is 0. The molecule has 1 aromatic rings. The molecule has 0 amide bonds. The van der Waals surface area contributed by atoms with Crippen LogP contribution in [0.25, 0.3) is 0 Å². The lowest BCUT2D eigenvalue weighted by Crippen LogP contribution is -2.24. The van der Waals surface area contributed by atoms with Crippen LogP contribution in [-0.4, -0.2) is 23.5 Å². The van der Waals surface area contributed by atoms with E-state index in [4.69, 9.17) is 18.0 Å². The number of rotatable bonds is 5. The zero-order valence-corrected chi connectivity index (χ0v) is 9.86. The second-order valence-corrected chi connectivity index (χ2v) is 4.18. The third-order valence-electron chi connectivity index (χ3n) is 2.23. The number of thiocarbonyl (C=S) groups is 1. The van der Waals surface area contributed by atoms with E-state index in [1.807, 2.05) is 0 Å². The van der Waals surface area contributed by atoms with Gasteiger partial charge in [0.1, 0.15) is 11.6 Å². The summed E-state index contributed by atoms with van der Waals surface area (Å²) >= 11 is 4.73. The van der Waals surface area contributed by atoms with Crippen molar-refractivity contribution in [1.29, 1.82) is 0 Å². The number of hydrogen-bond donors (Lipinski definition) is 1. The molecule has 16 heavy (non-hydrogen) atoms. The molecule has 0 radical (unpaired) electrons. The second-order valence-electron chi connectivity index (χ2n) is 3.65. The highest BCUT2D eigenvalue weighted by molar-refractivity contribution is 7.80. The highest BCUT2D eigenvalue weighted by Crippen LogP contribution is 2.13. The second kappa shape index (κ2) is 5.86. The van der Waals surface area contributed by atoms with Crippen molar-refractivity contribution in [2.75, 3.05) is 13.6 Å². The summed E-state index contributed by atoms with van der Waals surface area (Å²) in [5.41, 5.74) is 5.43. The molecule has 0 heterocycles. The molecule has 0 aliphatic carbocycles. The van der Waals surface area contributed by atoms with Crippen LogP contribution in [0.1, 0.15) is 12.0 Å². The molecule has 0 spiro atoms. The molecular formula is C11H14F2N2S. The van der Waals surface area contributed by atoms with E-state index in [9.17, 15) is 8.78 Å². The first kappa shape index (κ1) is 13.0. The average molecular weight is 244 g/mol. The fraction of sp³-hybridized carbons (Fsp3) is 0.364. The monoisotopic (exact) mass is 244 g/mol. The van der Waals surface area contributed by atoms with Crippen molar-refractivity contribution in [2.45, 2.75) is 13.0 Å². The highest BCUT2D eigenvalue weighted by atomic mass is 32.1. The van der Waals surface area contributed by atoms with Crippen molar-refractivity contribution < 1.29 is 8.78 Å². The fourth-order valence-corrected chi connectivity index (χ4v) is 1.42. The van der Waals surface area contributed by atoms with E-state index in [2.05, 4.69) is 0 Å². The first-order valence-corrected chi connectivity index (χ1v) is 5.31. The molecule has 0 saturated carbocycles. The quantitative estimate of drug-likeness (QED) is 0.804. The van der Waals surface area contributed by atoms with Crippen molar-refractivity contribution in [1.82, 2.24) is 4.90 Å². The van der Waals surface area contributed by atoms with E-state index in [1.165, 1.54) is 18.2 Å². The molecule has 0 atom stereocenters. The van der Waals surface area contributed by atoms with Crippen LogP contribution in [0, 0.1) is 11.6 Å². The average Bonchev–Trinajstić information content (AvgIpc) is 2.21. The molecule has 0 unspecified atom stereocenters. The molecule has 0 bridgehead atoms. The zero-order chi connectivity index (χ0) is 12.1. The van der Waals surface area contributed by atoms with Gasteiger partial charge in [-0.15, -0.1) is 0 Å². The Morgan fingerprint density at radius 2 is 1.94 bits per heavy atom. The Kier molecular flexibility index (Phi) is 4.76. The first-order chi connectivity index (χ1) is 7.50. The van der Waals surface area contributed by atoms with Gasteiger partial charge in [-0.1, -0.05) is 18.3 Å². The Bertz CT molecular complexity index is 362. The molecule has 1 rings (SSSR count). The topological polar surface area (TPSA) is 29.3 Å². The van der Waals surface area contributed by atoms with Crippen LogP contribution in [0.2, 0.25) is 0 Å². The molecule has 88 valence electrons. The summed E-state index contributed by atoms with van der Waals surface area (Å²) in [6.07, 6.45) is 0.544. The summed E-state index contributed by atoms with van der Waals surface area (Å²) in [5.74, 6) is -1.05. The standard InChI is InChI=1S/C11H14F2N2S/c1-15(6-5-11(14)16)7-8-9(12)3-2-4-10(8)13/h2-4H,5-7H2,1H3,(H2,14,16). The van der Waals surface area contributed by atoms with Gasteiger partial charge in [-0.2, -0.15) is 0 Å². The lowest BCUT2D eigenvalue weighted by atomic mass is 10.2. The largest absolute Gasteiger partial charge is 0.393 e. The molecule has 0 fully saturated rings. The van der Waals surface area contributed by atoms with Crippen LogP contribution in [0.15, 0.2) is 18.2 Å². The van der Waals surface area contributed by atoms with Crippen LogP contribution in [0.4, 0.5) is 8.78 Å². The normalized spacial score (nSPS) is 10.8. The maximum Gasteiger partial charge on any atom is 0.130 e. The van der Waals surface area contributed by atoms with Gasteiger partial charge in [-0.25, -0.2) is 8.78 Å². The van der Waals surface area contributed by atoms with Crippen molar-refractivity contribution in [3.63, 3.8) is 0 Å². The van der Waals surface area contributed by atoms with E-state index < -0.39 is 11.6 Å². The van der Waals surface area contributed by atoms with E-state index in [0.29, 0.717) is 18.0 Å². The smallest absolute Gasteiger partial charge is 0.130 e. The predicted molar refractivity (Wildman–Crippen MR) is 64.1 cm³/mol. The highest BCUT2D eigenvalue weighted by Gasteiger charge is 2.10. The summed E-state index contributed by atoms with van der Waals surface area (Å²) in [4.78, 5) is 2.18. The van der Waals surface area contributed by atoms with E-state index in [-0.39, 0.29) is 12.1 Å². The molecule has 0 aliphatic rings. The van der Waals surface area contributed by atoms with Gasteiger partial charge in [-0.05, 0) is 19.2 Å². The SMILES string of the molecule is CN(CCC(N)=S)Cc1c(F)cccc1F. The Balaban J connectivity index is 2.62. The number of halogens is 2. The summed E-state index contributed by atoms with van der Waals surface area (Å²) in [7, 11) is 1.77. The zero-order valence-electron chi connectivity index (χ0n) is 9.04. The third-order valence-corrected chi connectivity index (χ3v) is 2.43. The van der Waals surface area contributed by atoms with Gasteiger partial charge < -0.3 is 10.6 Å². The number of benzene rings is 1. The maximum absolute atomic E-state index is 13.3. The lowest BCUT2D eigenvalue weighted by Gasteiger charge is -2.16. The third kappa shape index (κ3) is 3.83. The van der Waals surface area contributed by atoms with Gasteiger partial charge >= 0.3 is 0 Å². The van der Waals surface area contributed by atoms with Gasteiger partial charge in [0, 0.05) is 25.1 Å². The minimum absolute atomic E-state index is 0.0768. The van der Waals surface area contributed by atoms with Crippen molar-refractivity contribution in [3.8, 4) is 0 Å². The molecule has 0 aliphatic heterocycles. The minimum Gasteiger partial charge on any atom is -0.393 e. The van der Waals surface area contributed by atoms with E-state index in [0.717, 1.165) is 0 Å². The van der Waals surface area contributed by atoms with Crippen molar-refractivity contribution in [3.05, 3.63) is 35.4 Å². The lowest BCUT2D eigenvalue weighted by molar-refractivity contribution is 0.324. The van der Waals surface area contributed by atoms with Crippen molar-refractivity contribution >= 4 is 17.2 Å². The molecular weight excluding hydrogens is 230 g/mol. The fourth-order valence-electron chi connectivity index (χ4n) is 1.33. The van der Waals surface area contributed by atoms with Gasteiger partial charge in [0.25, 0.3) is 0 Å². The Morgan fingerprint density at radius 3 is 2.44 bits per heavy atom. The summed E-state index contributed by atoms with van der Waals surface area (Å²) < 4.78 is 26.6. The van der Waals surface area contributed by atoms with Crippen LogP contribution >= 0.6 is 12.2 Å².